The van der Waals surface area contributed by atoms with Gasteiger partial charge in [0.05, 0.1) is 10.6 Å². The van der Waals surface area contributed by atoms with Gasteiger partial charge in [-0.05, 0) is 6.07 Å². The van der Waals surface area contributed by atoms with Crippen LogP contribution in [0.4, 0.5) is 5.82 Å². The van der Waals surface area contributed by atoms with Gasteiger partial charge >= 0.3 is 0 Å². The number of nitrogens with two attached hydrogens (primary N) is 1. The Bertz CT molecular complexity index is 597. The van der Waals surface area contributed by atoms with Crippen molar-refractivity contribution in [2.24, 2.45) is 7.05 Å². The van der Waals surface area contributed by atoms with Crippen LogP contribution < -0.4 is 11.1 Å². The highest BCUT2D eigenvalue weighted by Crippen LogP contribution is 2.16. The molecule has 0 aliphatic heterocycles. The van der Waals surface area contributed by atoms with Crippen LogP contribution in [-0.4, -0.2) is 32.2 Å². The third-order valence-electron chi connectivity index (χ3n) is 2.57. The SMILES string of the molecule is Cn1cnnc1CCNC(=O)c1cnc(N)c(Cl)c1. The minimum atomic E-state index is -0.253. The molecule has 0 aliphatic rings. The van der Waals surface area contributed by atoms with E-state index in [0.29, 0.717) is 18.5 Å². The number of anilines is 1. The third kappa shape index (κ3) is 3.19. The zero-order chi connectivity index (χ0) is 13.8. The number of nitrogen functional groups attached to an aromatic ring is 1. The van der Waals surface area contributed by atoms with E-state index in [1.165, 1.54) is 12.3 Å². The molecule has 2 aromatic heterocycles. The summed E-state index contributed by atoms with van der Waals surface area (Å²) in [5, 5.41) is 10.7. The zero-order valence-electron chi connectivity index (χ0n) is 10.3. The van der Waals surface area contributed by atoms with Gasteiger partial charge < -0.3 is 15.6 Å². The number of amides is 1. The average Bonchev–Trinajstić information content (AvgIpc) is 2.78. The fourth-order valence-electron chi connectivity index (χ4n) is 1.50. The highest BCUT2D eigenvalue weighted by molar-refractivity contribution is 6.33. The van der Waals surface area contributed by atoms with E-state index in [1.54, 1.807) is 10.9 Å². The second-order valence-electron chi connectivity index (χ2n) is 3.96. The Balaban J connectivity index is 1.91. The van der Waals surface area contributed by atoms with E-state index in [-0.39, 0.29) is 16.7 Å². The van der Waals surface area contributed by atoms with Crippen LogP contribution >= 0.6 is 11.6 Å². The Labute approximate surface area is 114 Å². The Morgan fingerprint density at radius 1 is 1.58 bits per heavy atom. The molecule has 0 saturated heterocycles. The second-order valence-corrected chi connectivity index (χ2v) is 4.36. The summed E-state index contributed by atoms with van der Waals surface area (Å²) in [5.74, 6) is 0.752. The van der Waals surface area contributed by atoms with Crippen molar-refractivity contribution >= 4 is 23.3 Å². The summed E-state index contributed by atoms with van der Waals surface area (Å²) >= 11 is 5.80. The van der Waals surface area contributed by atoms with Crippen LogP contribution in [-0.2, 0) is 13.5 Å². The molecule has 19 heavy (non-hydrogen) atoms. The fourth-order valence-corrected chi connectivity index (χ4v) is 1.66. The molecule has 2 heterocycles. The number of hydrogen-bond donors (Lipinski definition) is 2. The molecule has 0 unspecified atom stereocenters. The third-order valence-corrected chi connectivity index (χ3v) is 2.87. The maximum absolute atomic E-state index is 11.8. The molecule has 0 atom stereocenters. The Morgan fingerprint density at radius 3 is 3.00 bits per heavy atom. The van der Waals surface area contributed by atoms with Gasteiger partial charge in [0.25, 0.3) is 5.91 Å². The van der Waals surface area contributed by atoms with Gasteiger partial charge in [-0.25, -0.2) is 4.98 Å². The van der Waals surface area contributed by atoms with Crippen LogP contribution in [0.15, 0.2) is 18.6 Å². The van der Waals surface area contributed by atoms with E-state index in [9.17, 15) is 4.79 Å². The van der Waals surface area contributed by atoms with Crippen molar-refractivity contribution in [1.29, 1.82) is 0 Å². The van der Waals surface area contributed by atoms with Crippen LogP contribution in [0.5, 0.6) is 0 Å². The first-order valence-electron chi connectivity index (χ1n) is 5.60. The maximum atomic E-state index is 11.8. The van der Waals surface area contributed by atoms with Gasteiger partial charge in [-0.1, -0.05) is 11.6 Å². The Hall–Kier alpha value is -2.15. The largest absolute Gasteiger partial charge is 0.382 e. The summed E-state index contributed by atoms with van der Waals surface area (Å²) in [6.45, 7) is 0.452. The summed E-state index contributed by atoms with van der Waals surface area (Å²) in [6.07, 6.45) is 3.60. The molecule has 3 N–H and O–H groups in total. The van der Waals surface area contributed by atoms with E-state index in [1.807, 2.05) is 7.05 Å². The first-order valence-corrected chi connectivity index (χ1v) is 5.98. The molecule has 100 valence electrons. The summed E-state index contributed by atoms with van der Waals surface area (Å²) in [7, 11) is 1.85. The van der Waals surface area contributed by atoms with Crippen LogP contribution in [0, 0.1) is 0 Å². The molecular weight excluding hydrogens is 268 g/mol. The minimum absolute atomic E-state index is 0.206. The quantitative estimate of drug-likeness (QED) is 0.845. The van der Waals surface area contributed by atoms with Crippen molar-refractivity contribution in [1.82, 2.24) is 25.1 Å². The summed E-state index contributed by atoms with van der Waals surface area (Å²) in [6, 6.07) is 1.49. The van der Waals surface area contributed by atoms with E-state index >= 15 is 0 Å². The van der Waals surface area contributed by atoms with Gasteiger partial charge in [0, 0.05) is 26.2 Å². The summed E-state index contributed by atoms with van der Waals surface area (Å²) in [5.41, 5.74) is 5.85. The lowest BCUT2D eigenvalue weighted by Gasteiger charge is -2.05. The lowest BCUT2D eigenvalue weighted by Crippen LogP contribution is -2.26. The topological polar surface area (TPSA) is 98.7 Å². The van der Waals surface area contributed by atoms with E-state index in [0.717, 1.165) is 5.82 Å². The second kappa shape index (κ2) is 5.66. The number of aromatic nitrogens is 4. The molecule has 0 spiro atoms. The van der Waals surface area contributed by atoms with Crippen molar-refractivity contribution in [3.05, 3.63) is 35.0 Å². The average molecular weight is 281 g/mol. The number of aryl methyl sites for hydroxylation is 1. The molecule has 7 nitrogen and oxygen atoms in total. The van der Waals surface area contributed by atoms with Gasteiger partial charge in [0.2, 0.25) is 0 Å². The molecule has 1 amide bonds. The van der Waals surface area contributed by atoms with Gasteiger partial charge in [-0.2, -0.15) is 0 Å². The van der Waals surface area contributed by atoms with Gasteiger partial charge in [-0.3, -0.25) is 4.79 Å². The number of carbonyl (C=O) groups excluding carboxylic acids is 1. The molecular formula is C11H13ClN6O. The smallest absolute Gasteiger partial charge is 0.252 e. The van der Waals surface area contributed by atoms with Gasteiger partial charge in [0.15, 0.2) is 0 Å². The first kappa shape index (κ1) is 13.3. The molecule has 0 saturated carbocycles. The highest BCUT2D eigenvalue weighted by atomic mass is 35.5. The molecule has 2 aromatic rings. The molecule has 0 aromatic carbocycles. The Kier molecular flexibility index (Phi) is 3.96. The molecule has 0 bridgehead atoms. The number of pyridine rings is 1. The molecule has 2 rings (SSSR count). The van der Waals surface area contributed by atoms with Crippen molar-refractivity contribution in [2.75, 3.05) is 12.3 Å². The number of carbonyl (C=O) groups is 1. The van der Waals surface area contributed by atoms with Crippen LogP contribution in [0.2, 0.25) is 5.02 Å². The van der Waals surface area contributed by atoms with E-state index in [4.69, 9.17) is 17.3 Å². The van der Waals surface area contributed by atoms with E-state index in [2.05, 4.69) is 20.5 Å². The summed E-state index contributed by atoms with van der Waals surface area (Å²) < 4.78 is 1.80. The molecule has 0 fully saturated rings. The van der Waals surface area contributed by atoms with Crippen molar-refractivity contribution < 1.29 is 4.79 Å². The zero-order valence-corrected chi connectivity index (χ0v) is 11.1. The predicted octanol–water partition coefficient (Wildman–Crippen LogP) is 0.418. The van der Waals surface area contributed by atoms with Gasteiger partial charge in [-0.15, -0.1) is 10.2 Å². The fraction of sp³-hybridized carbons (Fsp3) is 0.273. The van der Waals surface area contributed by atoms with Crippen LogP contribution in [0.25, 0.3) is 0 Å². The number of rotatable bonds is 4. The monoisotopic (exact) mass is 280 g/mol. The number of hydrogen-bond acceptors (Lipinski definition) is 5. The number of nitrogens with zero attached hydrogens (tertiary/aromatic N) is 4. The first-order chi connectivity index (χ1) is 9.08. The van der Waals surface area contributed by atoms with Crippen molar-refractivity contribution in [3.63, 3.8) is 0 Å². The van der Waals surface area contributed by atoms with Crippen molar-refractivity contribution in [2.45, 2.75) is 6.42 Å². The van der Waals surface area contributed by atoms with Crippen molar-refractivity contribution in [3.8, 4) is 0 Å². The Morgan fingerprint density at radius 2 is 2.37 bits per heavy atom. The highest BCUT2D eigenvalue weighted by Gasteiger charge is 2.09. The maximum Gasteiger partial charge on any atom is 0.252 e. The minimum Gasteiger partial charge on any atom is -0.382 e. The van der Waals surface area contributed by atoms with Crippen LogP contribution in [0.3, 0.4) is 0 Å². The number of nitrogens with one attached hydrogen (secondary N) is 1. The molecule has 0 aliphatic carbocycles. The van der Waals surface area contributed by atoms with E-state index < -0.39 is 0 Å². The lowest BCUT2D eigenvalue weighted by atomic mass is 10.2. The predicted molar refractivity (Wildman–Crippen MR) is 70.7 cm³/mol. The molecule has 8 heteroatoms. The van der Waals surface area contributed by atoms with Gasteiger partial charge in [0.1, 0.15) is 18.0 Å². The van der Waals surface area contributed by atoms with Crippen LogP contribution in [0.1, 0.15) is 16.2 Å². The standard InChI is InChI=1S/C11H13ClN6O/c1-18-6-16-17-9(18)2-3-14-11(19)7-4-8(12)10(13)15-5-7/h4-6H,2-3H2,1H3,(H2,13,15)(H,14,19). The number of halogens is 1. The summed E-state index contributed by atoms with van der Waals surface area (Å²) in [4.78, 5) is 15.7. The lowest BCUT2D eigenvalue weighted by molar-refractivity contribution is 0.0953. The molecule has 0 radical (unpaired) electrons. The normalized spacial score (nSPS) is 10.4.